The third-order valence-corrected chi connectivity index (χ3v) is 14.4. The number of piperazine rings is 1. The first kappa shape index (κ1) is 36.7. The highest BCUT2D eigenvalue weighted by Gasteiger charge is 2.40. The van der Waals surface area contributed by atoms with Crippen LogP contribution in [0.4, 0.5) is 5.69 Å². The van der Waals surface area contributed by atoms with E-state index in [1.165, 1.54) is 76.0 Å². The fraction of sp³-hybridized carbons (Fsp3) is 0.659. The van der Waals surface area contributed by atoms with Crippen LogP contribution < -0.4 is 14.4 Å². The number of hydrogen-bond donors (Lipinski definition) is 1. The summed E-state index contributed by atoms with van der Waals surface area (Å²) in [7, 11) is -0.461. The minimum Gasteiger partial charge on any atom is -0.491 e. The Bertz CT molecular complexity index is 1460. The van der Waals surface area contributed by atoms with Crippen LogP contribution in [0, 0.1) is 23.7 Å². The average Bonchev–Trinajstić information content (AvgIpc) is 3.25. The number of aryl methyl sites for hydroxylation is 1. The maximum Gasteiger partial charge on any atom is 0.260 e. The summed E-state index contributed by atoms with van der Waals surface area (Å²) in [4.78, 5) is 21.7. The molecule has 3 aliphatic heterocycles. The van der Waals surface area contributed by atoms with Crippen LogP contribution in [0.3, 0.4) is 0 Å². The molecule has 1 saturated heterocycles. The number of anilines is 1. The van der Waals surface area contributed by atoms with Crippen LogP contribution in [-0.2, 0) is 6.42 Å². The Balaban J connectivity index is 1.31. The number of carbonyl (C=O) groups is 1. The van der Waals surface area contributed by atoms with Crippen LogP contribution in [0.1, 0.15) is 101 Å². The van der Waals surface area contributed by atoms with Gasteiger partial charge in [-0.15, -0.1) is 0 Å². The van der Waals surface area contributed by atoms with Crippen LogP contribution in [0.15, 0.2) is 36.4 Å². The van der Waals surface area contributed by atoms with Crippen molar-refractivity contribution in [1.82, 2.24) is 14.5 Å². The lowest BCUT2D eigenvalue weighted by atomic mass is 9.65. The van der Waals surface area contributed by atoms with Crippen molar-refractivity contribution in [3.05, 3.63) is 58.1 Å². The molecule has 3 heterocycles. The molecule has 0 spiro atoms. The van der Waals surface area contributed by atoms with Crippen LogP contribution in [0.2, 0.25) is 5.02 Å². The molecule has 2 aromatic carbocycles. The lowest BCUT2D eigenvalue weighted by molar-refractivity contribution is 0.0441. The summed E-state index contributed by atoms with van der Waals surface area (Å²) < 4.78 is 9.93. The normalized spacial score (nSPS) is 30.6. The molecule has 8 heteroatoms. The first-order valence-corrected chi connectivity index (χ1v) is 21.0. The molecular weight excluding hydrogens is 648 g/mol. The summed E-state index contributed by atoms with van der Waals surface area (Å²) in [5.74, 6) is 8.13. The number of rotatable bonds is 6. The van der Waals surface area contributed by atoms with Crippen molar-refractivity contribution in [2.75, 3.05) is 57.3 Å². The third kappa shape index (κ3) is 8.71. The van der Waals surface area contributed by atoms with Gasteiger partial charge in [-0.05, 0) is 111 Å². The van der Waals surface area contributed by atoms with Crippen LogP contribution in [-0.4, -0.2) is 85.3 Å². The van der Waals surface area contributed by atoms with Gasteiger partial charge in [0.15, 0.2) is 0 Å². The number of amides is 1. The Labute approximate surface area is 304 Å². The van der Waals surface area contributed by atoms with E-state index >= 15 is 0 Å². The summed E-state index contributed by atoms with van der Waals surface area (Å²) in [5, 5.41) is 1.13. The maximum absolute atomic E-state index is 13.7. The number of benzene rings is 2. The fourth-order valence-corrected chi connectivity index (χ4v) is 10.3. The molecule has 2 fully saturated rings. The summed E-state index contributed by atoms with van der Waals surface area (Å²) in [6.45, 7) is 20.0. The summed E-state index contributed by atoms with van der Waals surface area (Å²) in [6, 6.07) is 13.1. The Hall–Kier alpha value is -2.06. The molecule has 6 nitrogen and oxygen atoms in total. The molecule has 270 valence electrons. The van der Waals surface area contributed by atoms with E-state index < -0.39 is 10.7 Å². The average molecular weight is 709 g/mol. The Kier molecular flexibility index (Phi) is 12.4. The van der Waals surface area contributed by atoms with E-state index in [2.05, 4.69) is 78.1 Å². The highest BCUT2D eigenvalue weighted by Crippen LogP contribution is 2.46. The molecule has 1 aliphatic carbocycles. The van der Waals surface area contributed by atoms with Crippen molar-refractivity contribution in [3.63, 3.8) is 0 Å². The molecule has 7 unspecified atom stereocenters. The van der Waals surface area contributed by atoms with E-state index in [-0.39, 0.29) is 11.8 Å². The third-order valence-electron chi connectivity index (χ3n) is 12.4. The number of carbonyl (C=O) groups excluding carboxylic acids is 1. The first-order chi connectivity index (χ1) is 23.6. The van der Waals surface area contributed by atoms with Crippen molar-refractivity contribution in [3.8, 4) is 5.75 Å². The van der Waals surface area contributed by atoms with Crippen molar-refractivity contribution >= 4 is 39.7 Å². The predicted molar refractivity (Wildman–Crippen MR) is 210 cm³/mol. The van der Waals surface area contributed by atoms with Crippen LogP contribution in [0.5, 0.6) is 5.75 Å². The van der Waals surface area contributed by atoms with Gasteiger partial charge in [0.1, 0.15) is 5.75 Å². The summed E-state index contributed by atoms with van der Waals surface area (Å²) in [5.41, 5.74) is 4.43. The second-order valence-corrected chi connectivity index (χ2v) is 18.1. The standard InChI is InChI=1S/C41H61ClN4O2S/c1-7-9-31-22-36(42)14-16-37(31)35-26-46-25-34-12-15-38(34)33(24-44-18-20-45(21-19-44)28(2)3)11-8-10-29(4)30(5)49(6)43-41(47)32-13-17-40(48-27-35)39(46)23-32/h13-14,16-17,22-23,28-30,33-35,38H,6-12,15,18-21,24-27H2,1-5H3,(H,43,47). The highest BCUT2D eigenvalue weighted by atomic mass is 35.5. The molecule has 4 aliphatic rings. The second kappa shape index (κ2) is 16.5. The van der Waals surface area contributed by atoms with E-state index in [1.807, 2.05) is 18.2 Å². The molecule has 0 radical (unpaired) electrons. The van der Waals surface area contributed by atoms with Crippen LogP contribution >= 0.6 is 22.3 Å². The van der Waals surface area contributed by atoms with Gasteiger partial charge < -0.3 is 19.3 Å². The highest BCUT2D eigenvalue weighted by molar-refractivity contribution is 8.13. The number of nitrogens with one attached hydrogen (secondary N) is 1. The monoisotopic (exact) mass is 708 g/mol. The van der Waals surface area contributed by atoms with Gasteiger partial charge in [-0.25, -0.2) is 0 Å². The molecule has 1 saturated carbocycles. The zero-order valence-corrected chi connectivity index (χ0v) is 32.3. The van der Waals surface area contributed by atoms with E-state index in [0.717, 1.165) is 54.2 Å². The molecule has 1 N–H and O–H groups in total. The maximum atomic E-state index is 13.7. The number of halogens is 1. The van der Waals surface area contributed by atoms with Gasteiger partial charge in [-0.1, -0.05) is 67.8 Å². The number of nitrogens with zero attached hydrogens (tertiary/aromatic N) is 3. The lowest BCUT2D eigenvalue weighted by Crippen LogP contribution is -2.51. The second-order valence-electron chi connectivity index (χ2n) is 15.9. The van der Waals surface area contributed by atoms with Gasteiger partial charge in [0.25, 0.3) is 5.91 Å². The number of fused-ring (bicyclic) bond motifs is 2. The molecule has 2 bridgehead atoms. The van der Waals surface area contributed by atoms with E-state index in [1.54, 1.807) is 0 Å². The predicted octanol–water partition coefficient (Wildman–Crippen LogP) is 8.50. The number of ether oxygens (including phenoxy) is 1. The van der Waals surface area contributed by atoms with E-state index in [0.29, 0.717) is 35.3 Å². The summed E-state index contributed by atoms with van der Waals surface area (Å²) >= 11 is 6.51. The van der Waals surface area contributed by atoms with E-state index in [9.17, 15) is 4.79 Å². The molecule has 49 heavy (non-hydrogen) atoms. The number of hydrogen-bond acceptors (Lipinski definition) is 5. The molecular formula is C41H61ClN4O2S. The Morgan fingerprint density at radius 1 is 1.02 bits per heavy atom. The largest absolute Gasteiger partial charge is 0.491 e. The van der Waals surface area contributed by atoms with Gasteiger partial charge in [0.05, 0.1) is 12.3 Å². The zero-order chi connectivity index (χ0) is 34.7. The zero-order valence-electron chi connectivity index (χ0n) is 30.8. The Morgan fingerprint density at radius 3 is 2.53 bits per heavy atom. The molecule has 0 aromatic heterocycles. The van der Waals surface area contributed by atoms with E-state index in [4.69, 9.17) is 16.3 Å². The molecule has 1 amide bonds. The minimum atomic E-state index is -0.461. The Morgan fingerprint density at radius 2 is 1.82 bits per heavy atom. The van der Waals surface area contributed by atoms with Crippen molar-refractivity contribution in [2.24, 2.45) is 23.7 Å². The van der Waals surface area contributed by atoms with Crippen LogP contribution in [0.25, 0.3) is 0 Å². The van der Waals surface area contributed by atoms with Gasteiger partial charge in [-0.2, -0.15) is 0 Å². The quantitative estimate of drug-likeness (QED) is 0.305. The van der Waals surface area contributed by atoms with Gasteiger partial charge in [0, 0.05) is 73.6 Å². The summed E-state index contributed by atoms with van der Waals surface area (Å²) in [6.07, 6.45) is 8.41. The topological polar surface area (TPSA) is 48.1 Å². The minimum absolute atomic E-state index is 0.0323. The first-order valence-electron chi connectivity index (χ1n) is 19.2. The fourth-order valence-electron chi connectivity index (χ4n) is 8.90. The van der Waals surface area contributed by atoms with Crippen molar-refractivity contribution in [2.45, 2.75) is 96.8 Å². The smallest absolute Gasteiger partial charge is 0.260 e. The van der Waals surface area contributed by atoms with Gasteiger partial charge in [0.2, 0.25) is 0 Å². The lowest BCUT2D eigenvalue weighted by Gasteiger charge is -2.47. The van der Waals surface area contributed by atoms with Crippen molar-refractivity contribution in [1.29, 1.82) is 0 Å². The van der Waals surface area contributed by atoms with Gasteiger partial charge >= 0.3 is 0 Å². The molecule has 6 rings (SSSR count). The van der Waals surface area contributed by atoms with Gasteiger partial charge in [-0.3, -0.25) is 9.69 Å². The molecule has 7 atom stereocenters. The SMILES string of the molecule is C=S1NC(=O)c2ccc3c(c2)N(CC(c2ccc(Cl)cc2CCC)CO3)CC2CCC2C(CN2CCN(C(C)C)CC2)CCCC(C)C1C. The van der Waals surface area contributed by atoms with Crippen molar-refractivity contribution < 1.29 is 9.53 Å². The molecule has 2 aromatic rings.